The third kappa shape index (κ3) is 1.93. The van der Waals surface area contributed by atoms with Crippen LogP contribution in [0, 0.1) is 11.8 Å². The Hall–Kier alpha value is -0.370. The highest BCUT2D eigenvalue weighted by molar-refractivity contribution is 7.80. The summed E-state index contributed by atoms with van der Waals surface area (Å²) in [6.45, 7) is 3.66. The van der Waals surface area contributed by atoms with Gasteiger partial charge in [0.2, 0.25) is 0 Å². The summed E-state index contributed by atoms with van der Waals surface area (Å²) in [5, 5.41) is 0.729. The van der Waals surface area contributed by atoms with E-state index in [9.17, 15) is 0 Å². The van der Waals surface area contributed by atoms with Crippen LogP contribution in [0.1, 0.15) is 32.1 Å². The second kappa shape index (κ2) is 3.79. The molecule has 0 spiro atoms. The number of hydrogen-bond acceptors (Lipinski definition) is 2. The summed E-state index contributed by atoms with van der Waals surface area (Å²) in [6.07, 6.45) is 8.36. The Morgan fingerprint density at radius 3 is 2.85 bits per heavy atom. The molecule has 0 amide bonds. The minimum Gasteiger partial charge on any atom is -0.483 e. The van der Waals surface area contributed by atoms with Crippen LogP contribution in [0.4, 0.5) is 0 Å². The van der Waals surface area contributed by atoms with E-state index in [0.717, 1.165) is 23.3 Å². The minimum atomic E-state index is 0.436. The van der Waals surface area contributed by atoms with E-state index in [1.54, 1.807) is 0 Å². The standard InChI is InChI=1S/C11H16OS/c1-2-3-11(13)12-10-7-8-4-5-9(10)6-8/h2,8-10H,1,3-7H2. The molecule has 3 unspecified atom stereocenters. The fourth-order valence-corrected chi connectivity index (χ4v) is 2.91. The molecule has 0 heterocycles. The zero-order valence-electron chi connectivity index (χ0n) is 7.87. The van der Waals surface area contributed by atoms with Crippen molar-refractivity contribution in [2.75, 3.05) is 0 Å². The predicted molar refractivity (Wildman–Crippen MR) is 57.7 cm³/mol. The monoisotopic (exact) mass is 196 g/mol. The van der Waals surface area contributed by atoms with Gasteiger partial charge in [-0.15, -0.1) is 6.58 Å². The first-order valence-electron chi connectivity index (χ1n) is 5.10. The van der Waals surface area contributed by atoms with E-state index in [-0.39, 0.29) is 0 Å². The average molecular weight is 196 g/mol. The van der Waals surface area contributed by atoms with Crippen LogP contribution in [0.25, 0.3) is 0 Å². The van der Waals surface area contributed by atoms with Gasteiger partial charge in [0.1, 0.15) is 6.10 Å². The first kappa shape index (κ1) is 9.20. The van der Waals surface area contributed by atoms with E-state index in [0.29, 0.717) is 6.10 Å². The van der Waals surface area contributed by atoms with Crippen molar-refractivity contribution in [3.63, 3.8) is 0 Å². The molecule has 2 aliphatic carbocycles. The number of fused-ring (bicyclic) bond motifs is 2. The van der Waals surface area contributed by atoms with E-state index in [2.05, 4.69) is 6.58 Å². The molecule has 2 aliphatic rings. The Kier molecular flexibility index (Phi) is 2.68. The summed E-state index contributed by atoms with van der Waals surface area (Å²) in [5.74, 6) is 1.73. The van der Waals surface area contributed by atoms with Gasteiger partial charge in [-0.25, -0.2) is 0 Å². The SMILES string of the molecule is C=CCC(=S)OC1CC2CCC1C2. The van der Waals surface area contributed by atoms with Gasteiger partial charge in [-0.2, -0.15) is 0 Å². The molecule has 2 rings (SSSR count). The van der Waals surface area contributed by atoms with E-state index in [1.807, 2.05) is 6.08 Å². The van der Waals surface area contributed by atoms with Crippen molar-refractivity contribution >= 4 is 17.3 Å². The molecule has 2 heteroatoms. The number of ether oxygens (including phenoxy) is 1. The molecule has 0 saturated heterocycles. The number of thiocarbonyl (C=S) groups is 1. The van der Waals surface area contributed by atoms with Crippen molar-refractivity contribution in [1.29, 1.82) is 0 Å². The summed E-state index contributed by atoms with van der Waals surface area (Å²) in [4.78, 5) is 0. The maximum atomic E-state index is 5.75. The highest BCUT2D eigenvalue weighted by atomic mass is 32.1. The largest absolute Gasteiger partial charge is 0.483 e. The molecule has 0 aliphatic heterocycles. The van der Waals surface area contributed by atoms with E-state index in [4.69, 9.17) is 17.0 Å². The van der Waals surface area contributed by atoms with Gasteiger partial charge in [-0.05, 0) is 49.7 Å². The summed E-state index contributed by atoms with van der Waals surface area (Å²) in [7, 11) is 0. The quantitative estimate of drug-likeness (QED) is 0.506. The fraction of sp³-hybridized carbons (Fsp3) is 0.727. The number of rotatable bonds is 3. The molecule has 1 nitrogen and oxygen atoms in total. The van der Waals surface area contributed by atoms with Crippen LogP contribution in [0.5, 0.6) is 0 Å². The third-order valence-electron chi connectivity index (χ3n) is 3.27. The Morgan fingerprint density at radius 1 is 1.46 bits per heavy atom. The van der Waals surface area contributed by atoms with Crippen molar-refractivity contribution in [1.82, 2.24) is 0 Å². The zero-order valence-corrected chi connectivity index (χ0v) is 8.69. The lowest BCUT2D eigenvalue weighted by molar-refractivity contribution is 0.128. The van der Waals surface area contributed by atoms with Gasteiger partial charge in [-0.3, -0.25) is 0 Å². The third-order valence-corrected chi connectivity index (χ3v) is 3.53. The van der Waals surface area contributed by atoms with E-state index < -0.39 is 0 Å². The van der Waals surface area contributed by atoms with Crippen molar-refractivity contribution in [3.05, 3.63) is 12.7 Å². The smallest absolute Gasteiger partial charge is 0.163 e. The summed E-state index contributed by atoms with van der Waals surface area (Å²) >= 11 is 5.11. The molecule has 0 aromatic rings. The van der Waals surface area contributed by atoms with Crippen molar-refractivity contribution in [2.24, 2.45) is 11.8 Å². The Bertz CT molecular complexity index is 224. The van der Waals surface area contributed by atoms with E-state index in [1.165, 1.54) is 25.7 Å². The molecular formula is C11H16OS. The van der Waals surface area contributed by atoms with Crippen molar-refractivity contribution in [2.45, 2.75) is 38.2 Å². The Labute approximate surface area is 85.2 Å². The first-order chi connectivity index (χ1) is 6.29. The van der Waals surface area contributed by atoms with Crippen LogP contribution in [0.2, 0.25) is 0 Å². The minimum absolute atomic E-state index is 0.436. The van der Waals surface area contributed by atoms with Gasteiger partial charge in [0, 0.05) is 6.42 Å². The molecule has 0 radical (unpaired) electrons. The average Bonchev–Trinajstić information content (AvgIpc) is 2.65. The molecule has 0 aromatic heterocycles. The lowest BCUT2D eigenvalue weighted by atomic mass is 9.98. The highest BCUT2D eigenvalue weighted by Crippen LogP contribution is 2.45. The van der Waals surface area contributed by atoms with Crippen molar-refractivity contribution < 1.29 is 4.74 Å². The second-order valence-corrected chi connectivity index (χ2v) is 4.65. The van der Waals surface area contributed by atoms with Gasteiger partial charge in [0.05, 0.1) is 0 Å². The Morgan fingerprint density at radius 2 is 2.31 bits per heavy atom. The molecular weight excluding hydrogens is 180 g/mol. The topological polar surface area (TPSA) is 9.23 Å². The van der Waals surface area contributed by atoms with Crippen LogP contribution < -0.4 is 0 Å². The number of hydrogen-bond donors (Lipinski definition) is 0. The van der Waals surface area contributed by atoms with Crippen molar-refractivity contribution in [3.8, 4) is 0 Å². The lowest BCUT2D eigenvalue weighted by Crippen LogP contribution is -2.22. The maximum absolute atomic E-state index is 5.75. The fourth-order valence-electron chi connectivity index (χ4n) is 2.67. The normalized spacial score (nSPS) is 36.2. The maximum Gasteiger partial charge on any atom is 0.163 e. The summed E-state index contributed by atoms with van der Waals surface area (Å²) in [5.41, 5.74) is 0. The molecule has 2 fully saturated rings. The second-order valence-electron chi connectivity index (χ2n) is 4.20. The predicted octanol–water partition coefficient (Wildman–Crippen LogP) is 3.10. The zero-order chi connectivity index (χ0) is 9.26. The molecule has 2 bridgehead atoms. The molecule has 0 N–H and O–H groups in total. The van der Waals surface area contributed by atoms with Gasteiger partial charge in [-0.1, -0.05) is 6.08 Å². The molecule has 72 valence electrons. The van der Waals surface area contributed by atoms with Gasteiger partial charge < -0.3 is 4.74 Å². The van der Waals surface area contributed by atoms with Gasteiger partial charge >= 0.3 is 0 Å². The van der Waals surface area contributed by atoms with Gasteiger partial charge in [0.25, 0.3) is 0 Å². The van der Waals surface area contributed by atoms with Crippen LogP contribution in [0.3, 0.4) is 0 Å². The summed E-state index contributed by atoms with van der Waals surface area (Å²) < 4.78 is 5.75. The lowest BCUT2D eigenvalue weighted by Gasteiger charge is -2.22. The Balaban J connectivity index is 1.82. The molecule has 3 atom stereocenters. The summed E-state index contributed by atoms with van der Waals surface area (Å²) in [6, 6.07) is 0. The van der Waals surface area contributed by atoms with Gasteiger partial charge in [0.15, 0.2) is 5.05 Å². The highest BCUT2D eigenvalue weighted by Gasteiger charge is 2.41. The van der Waals surface area contributed by atoms with E-state index >= 15 is 0 Å². The van der Waals surface area contributed by atoms with Crippen LogP contribution in [0.15, 0.2) is 12.7 Å². The van der Waals surface area contributed by atoms with Crippen LogP contribution in [-0.2, 0) is 4.74 Å². The van der Waals surface area contributed by atoms with Crippen LogP contribution >= 0.6 is 12.2 Å². The molecule has 13 heavy (non-hydrogen) atoms. The van der Waals surface area contributed by atoms with Crippen LogP contribution in [-0.4, -0.2) is 11.2 Å². The molecule has 0 aromatic carbocycles. The first-order valence-corrected chi connectivity index (χ1v) is 5.51. The molecule has 2 saturated carbocycles.